The van der Waals surface area contributed by atoms with Gasteiger partial charge in [-0.05, 0) is 49.1 Å². The van der Waals surface area contributed by atoms with E-state index < -0.39 is 0 Å². The molecule has 0 spiro atoms. The van der Waals surface area contributed by atoms with Gasteiger partial charge in [0.2, 0.25) is 5.91 Å². The summed E-state index contributed by atoms with van der Waals surface area (Å²) in [5.74, 6) is 0.631. The average Bonchev–Trinajstić information content (AvgIpc) is 3.36. The van der Waals surface area contributed by atoms with Crippen LogP contribution in [0.25, 0.3) is 11.1 Å². The molecule has 164 valence electrons. The first-order valence-corrected chi connectivity index (χ1v) is 11.2. The number of aliphatic hydroxyl groups is 1. The normalized spacial score (nSPS) is 27.1. The SMILES string of the molecule is COc1cccc(-c2ccc3n(c2=O)C[C@@H]2[C@@H](CO)[C@H](C(=O)N4CCCCC4)N[C@H]32)c1. The van der Waals surface area contributed by atoms with Crippen LogP contribution in [0.3, 0.4) is 0 Å². The summed E-state index contributed by atoms with van der Waals surface area (Å²) >= 11 is 0. The topological polar surface area (TPSA) is 83.8 Å². The number of pyridine rings is 1. The Bertz CT molecular complexity index is 1040. The van der Waals surface area contributed by atoms with Gasteiger partial charge in [0.25, 0.3) is 5.56 Å². The van der Waals surface area contributed by atoms with E-state index in [1.54, 1.807) is 11.7 Å². The lowest BCUT2D eigenvalue weighted by Gasteiger charge is -2.31. The predicted octanol–water partition coefficient (Wildman–Crippen LogP) is 1.79. The summed E-state index contributed by atoms with van der Waals surface area (Å²) in [6.07, 6.45) is 3.25. The third-order valence-electron chi connectivity index (χ3n) is 7.21. The van der Waals surface area contributed by atoms with Gasteiger partial charge in [0.1, 0.15) is 5.75 Å². The summed E-state index contributed by atoms with van der Waals surface area (Å²) in [6.45, 7) is 2.04. The Morgan fingerprint density at radius 2 is 2.00 bits per heavy atom. The molecule has 4 atom stereocenters. The van der Waals surface area contributed by atoms with Crippen molar-refractivity contribution in [1.82, 2.24) is 14.8 Å². The Balaban J connectivity index is 1.44. The molecule has 2 fully saturated rings. The van der Waals surface area contributed by atoms with Crippen molar-refractivity contribution in [2.24, 2.45) is 11.8 Å². The highest BCUT2D eigenvalue weighted by atomic mass is 16.5. The van der Waals surface area contributed by atoms with Gasteiger partial charge in [0.15, 0.2) is 0 Å². The number of carbonyl (C=O) groups excluding carboxylic acids is 1. The maximum Gasteiger partial charge on any atom is 0.258 e. The molecule has 0 radical (unpaired) electrons. The summed E-state index contributed by atoms with van der Waals surface area (Å²) in [4.78, 5) is 28.4. The molecule has 5 rings (SSSR count). The molecule has 0 aliphatic carbocycles. The van der Waals surface area contributed by atoms with Crippen molar-refractivity contribution in [3.63, 3.8) is 0 Å². The first kappa shape index (κ1) is 20.3. The van der Waals surface area contributed by atoms with Gasteiger partial charge < -0.3 is 19.3 Å². The number of amides is 1. The van der Waals surface area contributed by atoms with E-state index in [0.29, 0.717) is 17.9 Å². The van der Waals surface area contributed by atoms with E-state index in [9.17, 15) is 14.7 Å². The molecule has 7 heteroatoms. The lowest BCUT2D eigenvalue weighted by Crippen LogP contribution is -2.49. The van der Waals surface area contributed by atoms with Crippen LogP contribution in [0.1, 0.15) is 31.0 Å². The van der Waals surface area contributed by atoms with Crippen molar-refractivity contribution in [2.75, 3.05) is 26.8 Å². The van der Waals surface area contributed by atoms with Gasteiger partial charge in [-0.1, -0.05) is 12.1 Å². The van der Waals surface area contributed by atoms with E-state index in [2.05, 4.69) is 5.32 Å². The summed E-state index contributed by atoms with van der Waals surface area (Å²) in [7, 11) is 1.61. The van der Waals surface area contributed by atoms with Gasteiger partial charge >= 0.3 is 0 Å². The number of piperidine rings is 1. The third-order valence-corrected chi connectivity index (χ3v) is 7.21. The molecule has 0 unspecified atom stereocenters. The van der Waals surface area contributed by atoms with Gasteiger partial charge in [0.05, 0.1) is 19.2 Å². The molecule has 31 heavy (non-hydrogen) atoms. The van der Waals surface area contributed by atoms with Gasteiger partial charge in [-0.3, -0.25) is 14.9 Å². The van der Waals surface area contributed by atoms with Crippen LogP contribution in [0.5, 0.6) is 5.75 Å². The zero-order valence-electron chi connectivity index (χ0n) is 17.8. The monoisotopic (exact) mass is 423 g/mol. The van der Waals surface area contributed by atoms with E-state index in [1.807, 2.05) is 41.3 Å². The highest BCUT2D eigenvalue weighted by molar-refractivity contribution is 5.83. The van der Waals surface area contributed by atoms with E-state index in [4.69, 9.17) is 4.74 Å². The van der Waals surface area contributed by atoms with E-state index in [0.717, 1.165) is 37.2 Å². The summed E-state index contributed by atoms with van der Waals surface area (Å²) in [5, 5.41) is 13.6. The van der Waals surface area contributed by atoms with Gasteiger partial charge in [-0.25, -0.2) is 0 Å². The van der Waals surface area contributed by atoms with Crippen molar-refractivity contribution in [3.05, 3.63) is 52.4 Å². The maximum atomic E-state index is 13.3. The molecule has 7 nitrogen and oxygen atoms in total. The molecule has 2 saturated heterocycles. The van der Waals surface area contributed by atoms with Crippen molar-refractivity contribution in [1.29, 1.82) is 0 Å². The Morgan fingerprint density at radius 3 is 2.74 bits per heavy atom. The number of rotatable bonds is 4. The van der Waals surface area contributed by atoms with Crippen molar-refractivity contribution in [2.45, 2.75) is 37.9 Å². The number of methoxy groups -OCH3 is 1. The quantitative estimate of drug-likeness (QED) is 0.783. The van der Waals surface area contributed by atoms with Crippen LogP contribution in [-0.2, 0) is 11.3 Å². The Kier molecular flexibility index (Phi) is 5.32. The highest BCUT2D eigenvalue weighted by Gasteiger charge is 2.51. The zero-order chi connectivity index (χ0) is 21.5. The number of hydrogen-bond acceptors (Lipinski definition) is 5. The molecular weight excluding hydrogens is 394 g/mol. The minimum absolute atomic E-state index is 0.0250. The van der Waals surface area contributed by atoms with E-state index in [-0.39, 0.29) is 42.0 Å². The lowest BCUT2D eigenvalue weighted by atomic mass is 9.88. The Hall–Kier alpha value is -2.64. The molecular formula is C24H29N3O4. The smallest absolute Gasteiger partial charge is 0.258 e. The molecule has 0 bridgehead atoms. The molecule has 1 aromatic carbocycles. The van der Waals surface area contributed by atoms with Crippen LogP contribution in [0.15, 0.2) is 41.2 Å². The minimum atomic E-state index is -0.389. The lowest BCUT2D eigenvalue weighted by molar-refractivity contribution is -0.135. The molecule has 3 aliphatic rings. The number of ether oxygens (including phenoxy) is 1. The summed E-state index contributed by atoms with van der Waals surface area (Å²) in [5.41, 5.74) is 2.30. The van der Waals surface area contributed by atoms with Crippen LogP contribution < -0.4 is 15.6 Å². The second-order valence-corrected chi connectivity index (χ2v) is 8.84. The number of nitrogens with one attached hydrogen (secondary N) is 1. The fourth-order valence-corrected chi connectivity index (χ4v) is 5.56. The highest BCUT2D eigenvalue weighted by Crippen LogP contribution is 2.43. The molecule has 2 N–H and O–H groups in total. The Labute approximate surface area is 181 Å². The fourth-order valence-electron chi connectivity index (χ4n) is 5.56. The number of likely N-dealkylation sites (tertiary alicyclic amines) is 1. The molecule has 1 amide bonds. The molecule has 1 aromatic heterocycles. The molecule has 0 saturated carbocycles. The van der Waals surface area contributed by atoms with Crippen LogP contribution in [0, 0.1) is 11.8 Å². The number of aromatic nitrogens is 1. The maximum absolute atomic E-state index is 13.3. The first-order valence-electron chi connectivity index (χ1n) is 11.2. The number of carbonyl (C=O) groups is 1. The summed E-state index contributed by atoms with van der Waals surface area (Å²) < 4.78 is 7.11. The first-order chi connectivity index (χ1) is 15.1. The van der Waals surface area contributed by atoms with E-state index >= 15 is 0 Å². The minimum Gasteiger partial charge on any atom is -0.497 e. The molecule has 2 aromatic rings. The van der Waals surface area contributed by atoms with Gasteiger partial charge in [0, 0.05) is 49.3 Å². The Morgan fingerprint density at radius 1 is 1.19 bits per heavy atom. The zero-order valence-corrected chi connectivity index (χ0v) is 17.8. The van der Waals surface area contributed by atoms with Crippen LogP contribution in [-0.4, -0.2) is 53.3 Å². The average molecular weight is 424 g/mol. The fraction of sp³-hybridized carbons (Fsp3) is 0.500. The second-order valence-electron chi connectivity index (χ2n) is 8.84. The second kappa shape index (κ2) is 8.13. The number of nitrogens with zero attached hydrogens (tertiary/aromatic N) is 2. The van der Waals surface area contributed by atoms with Crippen molar-refractivity contribution >= 4 is 5.91 Å². The standard InChI is InChI=1S/C24H29N3O4/c1-31-16-7-5-6-15(12-16)17-8-9-20-21-18(13-27(20)23(17)29)19(14-28)22(25-21)24(30)26-10-3-2-4-11-26/h5-9,12,18-19,21-22,25,28H,2-4,10-11,13-14H2,1H3/t18-,19-,21+,22-/m1/s1. The largest absolute Gasteiger partial charge is 0.497 e. The van der Waals surface area contributed by atoms with Gasteiger partial charge in [-0.15, -0.1) is 0 Å². The molecule has 3 aliphatic heterocycles. The van der Waals surface area contributed by atoms with E-state index in [1.165, 1.54) is 6.42 Å². The van der Waals surface area contributed by atoms with Crippen molar-refractivity contribution in [3.8, 4) is 16.9 Å². The number of hydrogen-bond donors (Lipinski definition) is 2. The summed E-state index contributed by atoms with van der Waals surface area (Å²) in [6, 6.07) is 10.9. The third kappa shape index (κ3) is 3.36. The van der Waals surface area contributed by atoms with Gasteiger partial charge in [-0.2, -0.15) is 0 Å². The van der Waals surface area contributed by atoms with Crippen LogP contribution in [0.4, 0.5) is 0 Å². The number of aliphatic hydroxyl groups excluding tert-OH is 1. The number of fused-ring (bicyclic) bond motifs is 3. The van der Waals surface area contributed by atoms with Crippen molar-refractivity contribution < 1.29 is 14.6 Å². The van der Waals surface area contributed by atoms with Crippen LogP contribution in [0.2, 0.25) is 0 Å². The van der Waals surface area contributed by atoms with Crippen LogP contribution >= 0.6 is 0 Å². The number of benzene rings is 1. The predicted molar refractivity (Wildman–Crippen MR) is 117 cm³/mol. The molecule has 4 heterocycles.